The number of hydrogen-bond acceptors (Lipinski definition) is 5. The Labute approximate surface area is 144 Å². The van der Waals surface area contributed by atoms with Gasteiger partial charge in [0.1, 0.15) is 17.4 Å². The largest absolute Gasteiger partial charge is 0.324 e. The Morgan fingerprint density at radius 3 is 2.75 bits per heavy atom. The van der Waals surface area contributed by atoms with E-state index in [1.807, 2.05) is 36.2 Å². The van der Waals surface area contributed by atoms with Crippen molar-refractivity contribution < 1.29 is 4.79 Å². The SMILES string of the molecule is CN(C1=NC(C=O)c2cccnc2S1)c1ccc2ccccc2c1. The highest BCUT2D eigenvalue weighted by Crippen LogP contribution is 2.35. The molecule has 1 atom stereocenters. The molecule has 118 valence electrons. The topological polar surface area (TPSA) is 45.6 Å². The van der Waals surface area contributed by atoms with Gasteiger partial charge in [-0.3, -0.25) is 0 Å². The van der Waals surface area contributed by atoms with Crippen LogP contribution in [0, 0.1) is 0 Å². The fraction of sp³-hybridized carbons (Fsp3) is 0.105. The molecule has 1 aromatic heterocycles. The maximum atomic E-state index is 11.4. The Morgan fingerprint density at radius 2 is 1.92 bits per heavy atom. The van der Waals surface area contributed by atoms with Crippen LogP contribution >= 0.6 is 11.8 Å². The first-order valence-electron chi connectivity index (χ1n) is 7.64. The normalized spacial score (nSPS) is 16.4. The molecule has 5 heteroatoms. The van der Waals surface area contributed by atoms with Crippen molar-refractivity contribution in [3.05, 3.63) is 66.4 Å². The van der Waals surface area contributed by atoms with Crippen LogP contribution in [0.4, 0.5) is 5.69 Å². The number of rotatable bonds is 2. The molecule has 4 rings (SSSR count). The molecule has 1 aliphatic heterocycles. The molecule has 24 heavy (non-hydrogen) atoms. The lowest BCUT2D eigenvalue weighted by molar-refractivity contribution is -0.109. The zero-order valence-electron chi connectivity index (χ0n) is 13.1. The molecule has 0 fully saturated rings. The minimum absolute atomic E-state index is 0.493. The summed E-state index contributed by atoms with van der Waals surface area (Å²) in [5.41, 5.74) is 1.90. The fourth-order valence-electron chi connectivity index (χ4n) is 2.77. The van der Waals surface area contributed by atoms with Crippen LogP contribution in [0.5, 0.6) is 0 Å². The highest BCUT2D eigenvalue weighted by Gasteiger charge is 2.25. The standard InChI is InChI=1S/C19H15N3OS/c1-22(15-9-8-13-5-2-3-6-14(13)11-15)19-21-17(12-23)16-7-4-10-20-18(16)24-19/h2-12,17H,1H3. The summed E-state index contributed by atoms with van der Waals surface area (Å²) in [4.78, 5) is 22.4. The third-order valence-corrected chi connectivity index (χ3v) is 5.19. The highest BCUT2D eigenvalue weighted by molar-refractivity contribution is 8.14. The predicted molar refractivity (Wildman–Crippen MR) is 98.7 cm³/mol. The van der Waals surface area contributed by atoms with E-state index in [4.69, 9.17) is 0 Å². The minimum atomic E-state index is -0.493. The molecule has 0 spiro atoms. The zero-order chi connectivity index (χ0) is 16.5. The van der Waals surface area contributed by atoms with Crippen LogP contribution in [0.15, 0.2) is 70.8 Å². The van der Waals surface area contributed by atoms with Gasteiger partial charge >= 0.3 is 0 Å². The van der Waals surface area contributed by atoms with E-state index in [9.17, 15) is 4.79 Å². The van der Waals surface area contributed by atoms with Crippen LogP contribution in [0.1, 0.15) is 11.6 Å². The monoisotopic (exact) mass is 333 g/mol. The van der Waals surface area contributed by atoms with Crippen molar-refractivity contribution in [1.29, 1.82) is 0 Å². The van der Waals surface area contributed by atoms with Crippen LogP contribution < -0.4 is 4.90 Å². The quantitative estimate of drug-likeness (QED) is 0.663. The summed E-state index contributed by atoms with van der Waals surface area (Å²) in [6.45, 7) is 0. The van der Waals surface area contributed by atoms with Gasteiger partial charge in [-0.05, 0) is 40.7 Å². The lowest BCUT2D eigenvalue weighted by atomic mass is 10.1. The first-order valence-corrected chi connectivity index (χ1v) is 8.46. The molecule has 0 saturated carbocycles. The van der Waals surface area contributed by atoms with Gasteiger partial charge in [-0.25, -0.2) is 9.98 Å². The Hall–Kier alpha value is -2.66. The number of thioether (sulfide) groups is 1. The van der Waals surface area contributed by atoms with Gasteiger partial charge in [-0.15, -0.1) is 0 Å². The van der Waals surface area contributed by atoms with E-state index < -0.39 is 6.04 Å². The highest BCUT2D eigenvalue weighted by atomic mass is 32.2. The molecule has 1 unspecified atom stereocenters. The second-order valence-electron chi connectivity index (χ2n) is 5.58. The second kappa shape index (κ2) is 6.09. The van der Waals surface area contributed by atoms with Crippen LogP contribution in [0.3, 0.4) is 0 Å². The number of fused-ring (bicyclic) bond motifs is 2. The molecule has 4 nitrogen and oxygen atoms in total. The second-order valence-corrected chi connectivity index (χ2v) is 6.54. The number of anilines is 1. The van der Waals surface area contributed by atoms with Crippen molar-refractivity contribution in [2.24, 2.45) is 4.99 Å². The maximum absolute atomic E-state index is 11.4. The van der Waals surface area contributed by atoms with Crippen molar-refractivity contribution >= 4 is 39.7 Å². The molecule has 0 N–H and O–H groups in total. The molecular formula is C19H15N3OS. The summed E-state index contributed by atoms with van der Waals surface area (Å²) in [5.74, 6) is 0. The number of nitrogens with zero attached hydrogens (tertiary/aromatic N) is 3. The number of carbonyl (C=O) groups is 1. The third-order valence-electron chi connectivity index (χ3n) is 4.09. The Morgan fingerprint density at radius 1 is 1.08 bits per heavy atom. The third kappa shape index (κ3) is 2.57. The summed E-state index contributed by atoms with van der Waals surface area (Å²) in [5, 5.41) is 3.99. The molecule has 0 bridgehead atoms. The molecule has 0 amide bonds. The van der Waals surface area contributed by atoms with E-state index in [1.54, 1.807) is 6.20 Å². The van der Waals surface area contributed by atoms with Crippen LogP contribution in [-0.2, 0) is 4.79 Å². The van der Waals surface area contributed by atoms with Crippen molar-refractivity contribution in [3.8, 4) is 0 Å². The van der Waals surface area contributed by atoms with E-state index >= 15 is 0 Å². The lowest BCUT2D eigenvalue weighted by Gasteiger charge is -2.26. The van der Waals surface area contributed by atoms with E-state index in [2.05, 4.69) is 40.3 Å². The number of hydrogen-bond donors (Lipinski definition) is 0. The van der Waals surface area contributed by atoms with Crippen LogP contribution in [-0.4, -0.2) is 23.5 Å². The lowest BCUT2D eigenvalue weighted by Crippen LogP contribution is -2.27. The molecule has 3 aromatic rings. The number of amidine groups is 1. The average molecular weight is 333 g/mol. The van der Waals surface area contributed by atoms with E-state index in [-0.39, 0.29) is 0 Å². The fourth-order valence-corrected chi connectivity index (χ4v) is 3.77. The Balaban J connectivity index is 1.72. The van der Waals surface area contributed by atoms with Gasteiger partial charge in [0, 0.05) is 24.5 Å². The summed E-state index contributed by atoms with van der Waals surface area (Å²) in [6.07, 6.45) is 2.61. The molecule has 0 saturated heterocycles. The first kappa shape index (κ1) is 14.9. The van der Waals surface area contributed by atoms with E-state index in [0.717, 1.165) is 27.7 Å². The van der Waals surface area contributed by atoms with Gasteiger partial charge in [0.25, 0.3) is 0 Å². The summed E-state index contributed by atoms with van der Waals surface area (Å²) >= 11 is 1.49. The number of aliphatic imine (C=N–C) groups is 1. The predicted octanol–water partition coefficient (Wildman–Crippen LogP) is 4.07. The number of carbonyl (C=O) groups excluding carboxylic acids is 1. The molecule has 1 aliphatic rings. The first-order chi connectivity index (χ1) is 11.8. The summed E-state index contributed by atoms with van der Waals surface area (Å²) in [6, 6.07) is 17.8. The van der Waals surface area contributed by atoms with Gasteiger partial charge in [-0.2, -0.15) is 0 Å². The molecule has 0 aliphatic carbocycles. The van der Waals surface area contributed by atoms with Crippen LogP contribution in [0.2, 0.25) is 0 Å². The van der Waals surface area contributed by atoms with E-state index in [1.165, 1.54) is 22.5 Å². The number of aromatic nitrogens is 1. The van der Waals surface area contributed by atoms with Gasteiger partial charge in [0.05, 0.1) is 0 Å². The summed E-state index contributed by atoms with van der Waals surface area (Å²) in [7, 11) is 1.96. The van der Waals surface area contributed by atoms with Gasteiger partial charge in [-0.1, -0.05) is 36.4 Å². The zero-order valence-corrected chi connectivity index (χ0v) is 13.9. The molecule has 0 radical (unpaired) electrons. The molecule has 2 heterocycles. The van der Waals surface area contributed by atoms with Gasteiger partial charge in [0.2, 0.25) is 0 Å². The summed E-state index contributed by atoms with van der Waals surface area (Å²) < 4.78 is 0. The molecule has 2 aromatic carbocycles. The molecular weight excluding hydrogens is 318 g/mol. The van der Waals surface area contributed by atoms with Gasteiger partial charge < -0.3 is 9.69 Å². The van der Waals surface area contributed by atoms with E-state index in [0.29, 0.717) is 0 Å². The van der Waals surface area contributed by atoms with Gasteiger partial charge in [0.15, 0.2) is 5.17 Å². The Bertz CT molecular complexity index is 954. The van der Waals surface area contributed by atoms with Crippen molar-refractivity contribution in [1.82, 2.24) is 4.98 Å². The van der Waals surface area contributed by atoms with Crippen molar-refractivity contribution in [2.75, 3.05) is 11.9 Å². The number of pyridine rings is 1. The number of aldehydes is 1. The Kier molecular flexibility index (Phi) is 3.78. The smallest absolute Gasteiger partial charge is 0.170 e. The van der Waals surface area contributed by atoms with Crippen molar-refractivity contribution in [2.45, 2.75) is 11.1 Å². The number of benzene rings is 2. The minimum Gasteiger partial charge on any atom is -0.324 e. The average Bonchev–Trinajstić information content (AvgIpc) is 2.66. The van der Waals surface area contributed by atoms with Crippen LogP contribution in [0.25, 0.3) is 10.8 Å². The van der Waals surface area contributed by atoms with Crippen molar-refractivity contribution in [3.63, 3.8) is 0 Å². The maximum Gasteiger partial charge on any atom is 0.170 e.